The molecule has 1 N–H and O–H groups in total. The fourth-order valence-electron chi connectivity index (χ4n) is 3.55. The van der Waals surface area contributed by atoms with Gasteiger partial charge in [-0.15, -0.1) is 11.3 Å². The molecule has 0 radical (unpaired) electrons. The molecule has 2 aromatic rings. The van der Waals surface area contributed by atoms with E-state index < -0.39 is 16.1 Å². The quantitative estimate of drug-likeness (QED) is 0.705. The van der Waals surface area contributed by atoms with Crippen LogP contribution in [0, 0.1) is 6.92 Å². The number of sulfonamides is 1. The lowest BCUT2D eigenvalue weighted by atomic mass is 10.1. The Balaban J connectivity index is 1.46. The number of nitrogens with one attached hydrogen (secondary N) is 1. The first-order chi connectivity index (χ1) is 14.8. The number of nitrogens with zero attached hydrogens (tertiary/aromatic N) is 2. The van der Waals surface area contributed by atoms with Crippen molar-refractivity contribution in [3.05, 3.63) is 46.2 Å². The monoisotopic (exact) mass is 461 g/mol. The average Bonchev–Trinajstić information content (AvgIpc) is 3.26. The van der Waals surface area contributed by atoms with E-state index in [4.69, 9.17) is 4.74 Å². The topological polar surface area (TPSA) is 96.0 Å². The highest BCUT2D eigenvalue weighted by Gasteiger charge is 2.33. The minimum Gasteiger partial charge on any atom is -0.479 e. The smallest absolute Gasteiger partial charge is 0.265 e. The van der Waals surface area contributed by atoms with Crippen molar-refractivity contribution < 1.29 is 22.7 Å². The number of benzene rings is 1. The van der Waals surface area contributed by atoms with E-state index in [1.165, 1.54) is 16.4 Å². The summed E-state index contributed by atoms with van der Waals surface area (Å²) in [5.41, 5.74) is 0.988. The van der Waals surface area contributed by atoms with E-state index >= 15 is 0 Å². The van der Waals surface area contributed by atoms with Gasteiger partial charge < -0.3 is 15.0 Å². The van der Waals surface area contributed by atoms with Crippen molar-refractivity contribution in [1.29, 1.82) is 0 Å². The average molecular weight is 462 g/mol. The Hall–Kier alpha value is -2.69. The van der Waals surface area contributed by atoms with Crippen molar-refractivity contribution in [2.24, 2.45) is 0 Å². The molecule has 2 aliphatic rings. The zero-order valence-electron chi connectivity index (χ0n) is 17.2. The highest BCUT2D eigenvalue weighted by molar-refractivity contribution is 7.89. The molecular formula is C21H23N3O5S2. The molecule has 31 heavy (non-hydrogen) atoms. The van der Waals surface area contributed by atoms with Gasteiger partial charge in [0.15, 0.2) is 6.10 Å². The lowest BCUT2D eigenvalue weighted by Crippen LogP contribution is -2.50. The van der Waals surface area contributed by atoms with Gasteiger partial charge in [0.05, 0.1) is 10.6 Å². The standard InChI is InChI=1S/C21H23N3O5S2/c1-14-12-17-18(29-15(2)21(26)22-17)13-19(14)31(27,28)24-9-7-23(8-10-24)20(25)6-5-16-4-3-11-30-16/h3-6,11-13,15H,7-10H2,1-2H3,(H,22,26)/b6-5+. The van der Waals surface area contributed by atoms with Crippen molar-refractivity contribution in [1.82, 2.24) is 9.21 Å². The minimum atomic E-state index is -3.77. The number of hydrogen-bond donors (Lipinski definition) is 1. The van der Waals surface area contributed by atoms with Crippen LogP contribution in [0.4, 0.5) is 5.69 Å². The van der Waals surface area contributed by atoms with E-state index in [1.807, 2.05) is 17.5 Å². The lowest BCUT2D eigenvalue weighted by molar-refractivity contribution is -0.127. The Morgan fingerprint density at radius 2 is 2.00 bits per heavy atom. The summed E-state index contributed by atoms with van der Waals surface area (Å²) >= 11 is 1.55. The maximum atomic E-state index is 13.3. The van der Waals surface area contributed by atoms with E-state index in [0.717, 1.165) is 4.88 Å². The number of fused-ring (bicyclic) bond motifs is 1. The fraction of sp³-hybridized carbons (Fsp3) is 0.333. The van der Waals surface area contributed by atoms with Crippen LogP contribution < -0.4 is 10.1 Å². The summed E-state index contributed by atoms with van der Waals surface area (Å²) in [7, 11) is -3.77. The predicted molar refractivity (Wildman–Crippen MR) is 119 cm³/mol. The molecule has 0 aliphatic carbocycles. The highest BCUT2D eigenvalue weighted by Crippen LogP contribution is 2.35. The summed E-state index contributed by atoms with van der Waals surface area (Å²) in [6.07, 6.45) is 2.60. The zero-order valence-corrected chi connectivity index (χ0v) is 18.8. The van der Waals surface area contributed by atoms with Crippen LogP contribution in [0.5, 0.6) is 5.75 Å². The Morgan fingerprint density at radius 3 is 2.68 bits per heavy atom. The minimum absolute atomic E-state index is 0.131. The number of carbonyl (C=O) groups is 2. The molecular weight excluding hydrogens is 438 g/mol. The Bertz CT molecular complexity index is 1130. The van der Waals surface area contributed by atoms with Gasteiger partial charge in [0, 0.05) is 43.2 Å². The normalized spacial score (nSPS) is 19.7. The molecule has 1 atom stereocenters. The van der Waals surface area contributed by atoms with E-state index in [-0.39, 0.29) is 29.8 Å². The van der Waals surface area contributed by atoms with Gasteiger partial charge in [-0.25, -0.2) is 8.42 Å². The number of ether oxygens (including phenoxy) is 1. The maximum absolute atomic E-state index is 13.3. The van der Waals surface area contributed by atoms with Crippen LogP contribution in [0.15, 0.2) is 40.6 Å². The van der Waals surface area contributed by atoms with Crippen LogP contribution in [-0.2, 0) is 19.6 Å². The number of carbonyl (C=O) groups excluding carboxylic acids is 2. The van der Waals surface area contributed by atoms with Gasteiger partial charge in [0.2, 0.25) is 15.9 Å². The first kappa shape index (κ1) is 21.5. The third-order valence-corrected chi connectivity index (χ3v) is 8.19. The molecule has 0 spiro atoms. The number of rotatable bonds is 4. The molecule has 8 nitrogen and oxygen atoms in total. The molecule has 1 aromatic carbocycles. The molecule has 10 heteroatoms. The molecule has 1 saturated heterocycles. The number of hydrogen-bond acceptors (Lipinski definition) is 6. The Morgan fingerprint density at radius 1 is 1.26 bits per heavy atom. The number of aryl methyl sites for hydroxylation is 1. The molecule has 1 aromatic heterocycles. The summed E-state index contributed by atoms with van der Waals surface area (Å²) in [5.74, 6) is -0.0613. The van der Waals surface area contributed by atoms with Gasteiger partial charge in [-0.2, -0.15) is 4.31 Å². The summed E-state index contributed by atoms with van der Waals surface area (Å²) in [6, 6.07) is 6.93. The second kappa shape index (κ2) is 8.45. The van der Waals surface area contributed by atoms with E-state index in [2.05, 4.69) is 5.32 Å². The second-order valence-corrected chi connectivity index (χ2v) is 10.3. The van der Waals surface area contributed by atoms with E-state index in [9.17, 15) is 18.0 Å². The molecule has 4 rings (SSSR count). The third-order valence-electron chi connectivity index (χ3n) is 5.31. The molecule has 2 amide bonds. The first-order valence-corrected chi connectivity index (χ1v) is 12.2. The second-order valence-electron chi connectivity index (χ2n) is 7.44. The lowest BCUT2D eigenvalue weighted by Gasteiger charge is -2.34. The van der Waals surface area contributed by atoms with Crippen LogP contribution in [-0.4, -0.2) is 61.7 Å². The summed E-state index contributed by atoms with van der Waals surface area (Å²) in [5, 5.41) is 4.67. The van der Waals surface area contributed by atoms with Gasteiger partial charge in [-0.05, 0) is 43.0 Å². The first-order valence-electron chi connectivity index (χ1n) is 9.88. The molecule has 0 saturated carbocycles. The molecule has 1 fully saturated rings. The zero-order chi connectivity index (χ0) is 22.2. The van der Waals surface area contributed by atoms with Gasteiger partial charge in [0.1, 0.15) is 5.75 Å². The highest BCUT2D eigenvalue weighted by atomic mass is 32.2. The predicted octanol–water partition coefficient (Wildman–Crippen LogP) is 2.32. The molecule has 3 heterocycles. The number of amides is 2. The van der Waals surface area contributed by atoms with Crippen LogP contribution >= 0.6 is 11.3 Å². The van der Waals surface area contributed by atoms with Crippen molar-refractivity contribution >= 4 is 44.9 Å². The van der Waals surface area contributed by atoms with Crippen LogP contribution in [0.1, 0.15) is 17.4 Å². The van der Waals surface area contributed by atoms with Crippen molar-refractivity contribution in [2.75, 3.05) is 31.5 Å². The SMILES string of the molecule is Cc1cc2c(cc1S(=O)(=O)N1CCN(C(=O)/C=C/c3cccs3)CC1)OC(C)C(=O)N2. The van der Waals surface area contributed by atoms with Gasteiger partial charge >= 0.3 is 0 Å². The van der Waals surface area contributed by atoms with Crippen LogP contribution in [0.3, 0.4) is 0 Å². The number of thiophene rings is 1. The van der Waals surface area contributed by atoms with E-state index in [0.29, 0.717) is 30.1 Å². The summed E-state index contributed by atoms with van der Waals surface area (Å²) in [6.45, 7) is 4.36. The van der Waals surface area contributed by atoms with Crippen molar-refractivity contribution in [3.8, 4) is 5.75 Å². The summed E-state index contributed by atoms with van der Waals surface area (Å²) < 4.78 is 33.5. The van der Waals surface area contributed by atoms with Gasteiger partial charge in [-0.1, -0.05) is 6.07 Å². The summed E-state index contributed by atoms with van der Waals surface area (Å²) in [4.78, 5) is 27.0. The number of piperazine rings is 1. The fourth-order valence-corrected chi connectivity index (χ4v) is 5.82. The van der Waals surface area contributed by atoms with Gasteiger partial charge in [0.25, 0.3) is 5.91 Å². The third kappa shape index (κ3) is 4.36. The Kier molecular flexibility index (Phi) is 5.87. The largest absolute Gasteiger partial charge is 0.479 e. The molecule has 2 aliphatic heterocycles. The van der Waals surface area contributed by atoms with Crippen LogP contribution in [0.2, 0.25) is 0 Å². The number of anilines is 1. The van der Waals surface area contributed by atoms with Crippen LogP contribution in [0.25, 0.3) is 6.08 Å². The van der Waals surface area contributed by atoms with Crippen molar-refractivity contribution in [3.63, 3.8) is 0 Å². The Labute approximate surface area is 185 Å². The van der Waals surface area contributed by atoms with Gasteiger partial charge in [-0.3, -0.25) is 9.59 Å². The molecule has 0 bridgehead atoms. The maximum Gasteiger partial charge on any atom is 0.265 e. The van der Waals surface area contributed by atoms with E-state index in [1.54, 1.807) is 42.2 Å². The molecule has 164 valence electrons. The molecule has 1 unspecified atom stereocenters. The van der Waals surface area contributed by atoms with Crippen molar-refractivity contribution in [2.45, 2.75) is 24.8 Å².